The molecule has 22 heavy (non-hydrogen) atoms. The number of carboxylic acids is 1. The Labute approximate surface area is 130 Å². The predicted octanol–water partition coefficient (Wildman–Crippen LogP) is 3.17. The molecule has 1 saturated heterocycles. The minimum absolute atomic E-state index is 0.0218. The Morgan fingerprint density at radius 2 is 2.00 bits per heavy atom. The highest BCUT2D eigenvalue weighted by Crippen LogP contribution is 2.33. The van der Waals surface area contributed by atoms with Gasteiger partial charge in [-0.05, 0) is 39.7 Å². The van der Waals surface area contributed by atoms with Crippen LogP contribution in [0.3, 0.4) is 0 Å². The second-order valence-corrected chi connectivity index (χ2v) is 6.83. The van der Waals surface area contributed by atoms with Gasteiger partial charge >= 0.3 is 12.1 Å². The van der Waals surface area contributed by atoms with E-state index in [1.54, 1.807) is 20.8 Å². The van der Waals surface area contributed by atoms with Gasteiger partial charge in [-0.1, -0.05) is 29.8 Å². The van der Waals surface area contributed by atoms with Crippen molar-refractivity contribution in [1.82, 2.24) is 4.90 Å². The van der Waals surface area contributed by atoms with E-state index in [-0.39, 0.29) is 5.92 Å². The molecule has 1 amide bonds. The van der Waals surface area contributed by atoms with E-state index >= 15 is 0 Å². The number of likely N-dealkylation sites (tertiary alicyclic amines) is 1. The third-order valence-corrected chi connectivity index (χ3v) is 3.73. The number of ether oxygens (including phenoxy) is 1. The van der Waals surface area contributed by atoms with Crippen LogP contribution < -0.4 is 0 Å². The van der Waals surface area contributed by atoms with Crippen molar-refractivity contribution in [2.75, 3.05) is 6.54 Å². The van der Waals surface area contributed by atoms with E-state index < -0.39 is 23.7 Å². The summed E-state index contributed by atoms with van der Waals surface area (Å²) in [5.41, 5.74) is 1.55. The minimum Gasteiger partial charge on any atom is -0.480 e. The first-order chi connectivity index (χ1) is 10.2. The van der Waals surface area contributed by atoms with Crippen LogP contribution >= 0.6 is 0 Å². The van der Waals surface area contributed by atoms with E-state index in [0.717, 1.165) is 11.1 Å². The fourth-order valence-electron chi connectivity index (χ4n) is 2.76. The Bertz CT molecular complexity index is 576. The summed E-state index contributed by atoms with van der Waals surface area (Å²) < 4.78 is 5.33. The Morgan fingerprint density at radius 3 is 2.55 bits per heavy atom. The number of aliphatic carboxylic acids is 1. The molecule has 1 unspecified atom stereocenters. The topological polar surface area (TPSA) is 66.8 Å². The van der Waals surface area contributed by atoms with Crippen LogP contribution in [0.4, 0.5) is 4.79 Å². The van der Waals surface area contributed by atoms with Crippen molar-refractivity contribution in [1.29, 1.82) is 0 Å². The van der Waals surface area contributed by atoms with Gasteiger partial charge < -0.3 is 9.84 Å². The Kier molecular flexibility index (Phi) is 4.44. The smallest absolute Gasteiger partial charge is 0.411 e. The molecule has 5 nitrogen and oxygen atoms in total. The molecule has 120 valence electrons. The van der Waals surface area contributed by atoms with Gasteiger partial charge in [0.15, 0.2) is 0 Å². The van der Waals surface area contributed by atoms with Crippen LogP contribution in [-0.2, 0) is 9.53 Å². The van der Waals surface area contributed by atoms with Gasteiger partial charge in [0.1, 0.15) is 11.6 Å². The second kappa shape index (κ2) is 5.99. The molecule has 1 aromatic carbocycles. The first-order valence-electron chi connectivity index (χ1n) is 7.46. The molecule has 2 atom stereocenters. The highest BCUT2D eigenvalue weighted by Gasteiger charge is 2.41. The quantitative estimate of drug-likeness (QED) is 0.911. The molecule has 0 aliphatic carbocycles. The van der Waals surface area contributed by atoms with Gasteiger partial charge in [0, 0.05) is 12.5 Å². The van der Waals surface area contributed by atoms with Crippen molar-refractivity contribution in [2.24, 2.45) is 0 Å². The van der Waals surface area contributed by atoms with Crippen molar-refractivity contribution in [3.63, 3.8) is 0 Å². The average molecular weight is 305 g/mol. The molecule has 1 aliphatic heterocycles. The van der Waals surface area contributed by atoms with Crippen molar-refractivity contribution in [2.45, 2.75) is 51.7 Å². The molecular weight excluding hydrogens is 282 g/mol. The first-order valence-corrected chi connectivity index (χ1v) is 7.46. The summed E-state index contributed by atoms with van der Waals surface area (Å²) in [5.74, 6) is -0.963. The third kappa shape index (κ3) is 3.78. The van der Waals surface area contributed by atoms with E-state index in [1.807, 2.05) is 31.2 Å². The normalized spacial score (nSPS) is 21.7. The van der Waals surface area contributed by atoms with E-state index in [2.05, 4.69) is 0 Å². The number of nitrogens with zero attached hydrogens (tertiary/aromatic N) is 1. The summed E-state index contributed by atoms with van der Waals surface area (Å²) in [4.78, 5) is 25.1. The summed E-state index contributed by atoms with van der Waals surface area (Å²) in [6, 6.07) is 7.15. The molecule has 0 aromatic heterocycles. The first kappa shape index (κ1) is 16.3. The zero-order valence-electron chi connectivity index (χ0n) is 13.5. The molecule has 1 fully saturated rings. The minimum atomic E-state index is -0.985. The molecule has 0 radical (unpaired) electrons. The maximum atomic E-state index is 12.3. The van der Waals surface area contributed by atoms with Crippen molar-refractivity contribution in [3.8, 4) is 0 Å². The van der Waals surface area contributed by atoms with Gasteiger partial charge in [-0.2, -0.15) is 0 Å². The monoisotopic (exact) mass is 305 g/mol. The highest BCUT2D eigenvalue weighted by atomic mass is 16.6. The van der Waals surface area contributed by atoms with E-state index in [0.29, 0.717) is 13.0 Å². The Morgan fingerprint density at radius 1 is 1.32 bits per heavy atom. The average Bonchev–Trinajstić information content (AvgIpc) is 2.82. The fraction of sp³-hybridized carbons (Fsp3) is 0.529. The van der Waals surface area contributed by atoms with Crippen LogP contribution in [0, 0.1) is 6.92 Å². The highest BCUT2D eigenvalue weighted by molar-refractivity contribution is 5.81. The number of amides is 1. The number of carbonyl (C=O) groups is 2. The molecule has 1 aliphatic rings. The molecule has 0 saturated carbocycles. The van der Waals surface area contributed by atoms with Crippen LogP contribution in [0.2, 0.25) is 0 Å². The van der Waals surface area contributed by atoms with Gasteiger partial charge in [-0.3, -0.25) is 4.90 Å². The number of aryl methyl sites for hydroxylation is 1. The van der Waals surface area contributed by atoms with Crippen molar-refractivity contribution in [3.05, 3.63) is 35.4 Å². The van der Waals surface area contributed by atoms with Crippen molar-refractivity contribution >= 4 is 12.1 Å². The van der Waals surface area contributed by atoms with E-state index in [9.17, 15) is 14.7 Å². The van der Waals surface area contributed by atoms with E-state index in [4.69, 9.17) is 4.74 Å². The molecule has 5 heteroatoms. The lowest BCUT2D eigenvalue weighted by atomic mass is 9.95. The van der Waals surface area contributed by atoms with Gasteiger partial charge in [-0.15, -0.1) is 0 Å². The third-order valence-electron chi connectivity index (χ3n) is 3.73. The van der Waals surface area contributed by atoms with Crippen LogP contribution in [0.25, 0.3) is 0 Å². The SMILES string of the molecule is Cc1cccc(C2C[C@H](C(=O)O)N(C(=O)OC(C)(C)C)C2)c1. The summed E-state index contributed by atoms with van der Waals surface area (Å²) in [5, 5.41) is 9.40. The van der Waals surface area contributed by atoms with Crippen LogP contribution in [0.1, 0.15) is 44.2 Å². The molecule has 1 N–H and O–H groups in total. The maximum Gasteiger partial charge on any atom is 0.411 e. The zero-order valence-corrected chi connectivity index (χ0v) is 13.5. The molecule has 1 heterocycles. The maximum absolute atomic E-state index is 12.3. The zero-order chi connectivity index (χ0) is 16.5. The molecule has 0 bridgehead atoms. The summed E-state index contributed by atoms with van der Waals surface area (Å²) in [6.07, 6.45) is -0.145. The second-order valence-electron chi connectivity index (χ2n) is 6.83. The van der Waals surface area contributed by atoms with Gasteiger partial charge in [0.2, 0.25) is 0 Å². The van der Waals surface area contributed by atoms with Crippen LogP contribution in [0.5, 0.6) is 0 Å². The summed E-state index contributed by atoms with van der Waals surface area (Å²) in [6.45, 7) is 7.69. The molecule has 2 rings (SSSR count). The van der Waals surface area contributed by atoms with E-state index in [1.165, 1.54) is 4.90 Å². The standard InChI is InChI=1S/C17H23NO4/c1-11-6-5-7-12(8-11)13-9-14(15(19)20)18(10-13)16(21)22-17(2,3)4/h5-8,13-14H,9-10H2,1-4H3,(H,19,20)/t13?,14-/m1/s1. The largest absolute Gasteiger partial charge is 0.480 e. The van der Waals surface area contributed by atoms with Gasteiger partial charge in [0.25, 0.3) is 0 Å². The number of carbonyl (C=O) groups excluding carboxylic acids is 1. The number of rotatable bonds is 2. The number of hydrogen-bond acceptors (Lipinski definition) is 3. The van der Waals surface area contributed by atoms with Gasteiger partial charge in [-0.25, -0.2) is 9.59 Å². The summed E-state index contributed by atoms with van der Waals surface area (Å²) in [7, 11) is 0. The number of carboxylic acid groups (broad SMARTS) is 1. The fourth-order valence-corrected chi connectivity index (χ4v) is 2.76. The molecular formula is C17H23NO4. The lowest BCUT2D eigenvalue weighted by Crippen LogP contribution is -2.43. The lowest BCUT2D eigenvalue weighted by molar-refractivity contribution is -0.142. The van der Waals surface area contributed by atoms with Crippen molar-refractivity contribution < 1.29 is 19.4 Å². The molecule has 0 spiro atoms. The Balaban J connectivity index is 2.19. The number of hydrogen-bond donors (Lipinski definition) is 1. The summed E-state index contributed by atoms with van der Waals surface area (Å²) >= 11 is 0. The van der Waals surface area contributed by atoms with Gasteiger partial charge in [0.05, 0.1) is 0 Å². The van der Waals surface area contributed by atoms with Crippen LogP contribution in [0.15, 0.2) is 24.3 Å². The Hall–Kier alpha value is -2.04. The lowest BCUT2D eigenvalue weighted by Gasteiger charge is -2.26. The predicted molar refractivity (Wildman–Crippen MR) is 82.9 cm³/mol. The number of benzene rings is 1. The van der Waals surface area contributed by atoms with Crippen LogP contribution in [-0.4, -0.2) is 40.3 Å². The molecule has 1 aromatic rings.